The predicted octanol–water partition coefficient (Wildman–Crippen LogP) is 2.09. The monoisotopic (exact) mass is 415 g/mol. The largest absolute Gasteiger partial charge is 0.338 e. The van der Waals surface area contributed by atoms with Crippen molar-refractivity contribution in [3.05, 3.63) is 0 Å². The standard InChI is InChI=1S/C17H29N5O3S2/c1-2-3-10-21(15-9-11-27(24,25)13-15)16(23)12-26-17-18-19-20-22(17)14-7-5-4-6-8-14/h14-15H,2-13H2,1H3. The zero-order valence-electron chi connectivity index (χ0n) is 15.9. The van der Waals surface area contributed by atoms with Crippen LogP contribution in [0.2, 0.25) is 0 Å². The minimum absolute atomic E-state index is 0.0197. The van der Waals surface area contributed by atoms with Crippen molar-refractivity contribution in [1.29, 1.82) is 0 Å². The molecule has 10 heteroatoms. The lowest BCUT2D eigenvalue weighted by molar-refractivity contribution is -0.130. The number of unbranched alkanes of at least 4 members (excludes halogenated alkanes) is 1. The summed E-state index contributed by atoms with van der Waals surface area (Å²) in [7, 11) is -3.02. The van der Waals surface area contributed by atoms with Crippen LogP contribution in [0.25, 0.3) is 0 Å². The molecule has 1 aliphatic heterocycles. The first-order valence-corrected chi connectivity index (χ1v) is 12.7. The van der Waals surface area contributed by atoms with Crippen LogP contribution in [0.4, 0.5) is 0 Å². The number of carbonyl (C=O) groups excluding carboxylic acids is 1. The highest BCUT2D eigenvalue weighted by Crippen LogP contribution is 2.30. The van der Waals surface area contributed by atoms with Gasteiger partial charge in [-0.2, -0.15) is 0 Å². The molecule has 0 bridgehead atoms. The molecule has 0 radical (unpaired) electrons. The van der Waals surface area contributed by atoms with Gasteiger partial charge in [0.1, 0.15) is 0 Å². The summed E-state index contributed by atoms with van der Waals surface area (Å²) in [6.45, 7) is 2.69. The van der Waals surface area contributed by atoms with Gasteiger partial charge < -0.3 is 4.90 Å². The van der Waals surface area contributed by atoms with Gasteiger partial charge in [0.2, 0.25) is 11.1 Å². The first-order chi connectivity index (χ1) is 13.0. The third-order valence-corrected chi connectivity index (χ3v) is 8.10. The van der Waals surface area contributed by atoms with Crippen LogP contribution in [-0.4, -0.2) is 69.3 Å². The van der Waals surface area contributed by atoms with Crippen LogP contribution < -0.4 is 0 Å². The van der Waals surface area contributed by atoms with Crippen molar-refractivity contribution in [3.8, 4) is 0 Å². The topological polar surface area (TPSA) is 98.1 Å². The maximum absolute atomic E-state index is 12.9. The van der Waals surface area contributed by atoms with E-state index in [1.807, 2.05) is 4.68 Å². The molecule has 2 aliphatic rings. The van der Waals surface area contributed by atoms with E-state index in [2.05, 4.69) is 22.4 Å². The Bertz CT molecular complexity index is 731. The molecule has 1 amide bonds. The van der Waals surface area contributed by atoms with Gasteiger partial charge in [0.25, 0.3) is 0 Å². The van der Waals surface area contributed by atoms with Gasteiger partial charge in [-0.15, -0.1) is 5.10 Å². The molecule has 0 spiro atoms. The molecule has 152 valence electrons. The molecular formula is C17H29N5O3S2. The highest BCUT2D eigenvalue weighted by atomic mass is 32.2. The van der Waals surface area contributed by atoms with Crippen LogP contribution in [0.3, 0.4) is 0 Å². The molecule has 1 aromatic rings. The summed E-state index contributed by atoms with van der Waals surface area (Å²) in [5, 5.41) is 12.7. The summed E-state index contributed by atoms with van der Waals surface area (Å²) < 4.78 is 25.5. The maximum Gasteiger partial charge on any atom is 0.233 e. The quantitative estimate of drug-likeness (QED) is 0.600. The van der Waals surface area contributed by atoms with E-state index >= 15 is 0 Å². The van der Waals surface area contributed by atoms with Gasteiger partial charge in [0.05, 0.1) is 23.3 Å². The van der Waals surface area contributed by atoms with Crippen molar-refractivity contribution in [2.45, 2.75) is 75.5 Å². The molecule has 0 N–H and O–H groups in total. The number of thioether (sulfide) groups is 1. The fraction of sp³-hybridized carbons (Fsp3) is 0.882. The van der Waals surface area contributed by atoms with E-state index in [0.717, 1.165) is 25.7 Å². The number of amides is 1. The molecule has 27 heavy (non-hydrogen) atoms. The second kappa shape index (κ2) is 9.36. The van der Waals surface area contributed by atoms with E-state index in [1.165, 1.54) is 31.0 Å². The first kappa shape index (κ1) is 20.6. The van der Waals surface area contributed by atoms with E-state index in [4.69, 9.17) is 0 Å². The van der Waals surface area contributed by atoms with Gasteiger partial charge in [0, 0.05) is 12.6 Å². The summed E-state index contributed by atoms with van der Waals surface area (Å²) in [5.41, 5.74) is 0. The van der Waals surface area contributed by atoms with Crippen LogP contribution in [-0.2, 0) is 14.6 Å². The number of tetrazole rings is 1. The third kappa shape index (κ3) is 5.43. The smallest absolute Gasteiger partial charge is 0.233 e. The normalized spacial score (nSPS) is 22.8. The Kier molecular flexibility index (Phi) is 7.13. The van der Waals surface area contributed by atoms with E-state index < -0.39 is 9.84 Å². The molecular weight excluding hydrogens is 386 g/mol. The Morgan fingerprint density at radius 2 is 2.04 bits per heavy atom. The van der Waals surface area contributed by atoms with Crippen LogP contribution in [0, 0.1) is 0 Å². The lowest BCUT2D eigenvalue weighted by Crippen LogP contribution is -2.42. The van der Waals surface area contributed by atoms with Crippen molar-refractivity contribution in [1.82, 2.24) is 25.1 Å². The number of aromatic nitrogens is 4. The van der Waals surface area contributed by atoms with Crippen molar-refractivity contribution >= 4 is 27.5 Å². The second-order valence-electron chi connectivity index (χ2n) is 7.48. The maximum atomic E-state index is 12.9. The molecule has 1 aromatic heterocycles. The van der Waals surface area contributed by atoms with Crippen LogP contribution in [0.15, 0.2) is 5.16 Å². The van der Waals surface area contributed by atoms with Gasteiger partial charge >= 0.3 is 0 Å². The van der Waals surface area contributed by atoms with Crippen molar-refractivity contribution in [2.24, 2.45) is 0 Å². The Morgan fingerprint density at radius 1 is 1.26 bits per heavy atom. The van der Waals surface area contributed by atoms with E-state index in [9.17, 15) is 13.2 Å². The number of hydrogen-bond donors (Lipinski definition) is 0. The summed E-state index contributed by atoms with van der Waals surface area (Å²) in [6, 6.07) is 0.131. The molecule has 8 nitrogen and oxygen atoms in total. The average Bonchev–Trinajstić information content (AvgIpc) is 3.27. The van der Waals surface area contributed by atoms with E-state index in [1.54, 1.807) is 4.90 Å². The van der Waals surface area contributed by atoms with E-state index in [-0.39, 0.29) is 29.2 Å². The van der Waals surface area contributed by atoms with Crippen LogP contribution >= 0.6 is 11.8 Å². The molecule has 1 saturated heterocycles. The third-order valence-electron chi connectivity index (χ3n) is 5.43. The molecule has 0 aromatic carbocycles. The molecule has 1 atom stereocenters. The minimum Gasteiger partial charge on any atom is -0.338 e. The average molecular weight is 416 g/mol. The number of nitrogens with zero attached hydrogens (tertiary/aromatic N) is 5. The number of sulfone groups is 1. The predicted molar refractivity (Wildman–Crippen MR) is 104 cm³/mol. The number of carbonyl (C=O) groups is 1. The number of hydrogen-bond acceptors (Lipinski definition) is 7. The van der Waals surface area contributed by atoms with Gasteiger partial charge in [-0.05, 0) is 36.1 Å². The van der Waals surface area contributed by atoms with Gasteiger partial charge in [-0.3, -0.25) is 4.79 Å². The highest BCUT2D eigenvalue weighted by molar-refractivity contribution is 7.99. The Labute approximate surface area is 165 Å². The summed E-state index contributed by atoms with van der Waals surface area (Å²) in [6.07, 6.45) is 8.19. The number of rotatable bonds is 8. The lowest BCUT2D eigenvalue weighted by Gasteiger charge is -2.28. The van der Waals surface area contributed by atoms with Gasteiger partial charge in [-0.1, -0.05) is 44.4 Å². The molecule has 1 unspecified atom stereocenters. The lowest BCUT2D eigenvalue weighted by atomic mass is 9.96. The molecule has 2 fully saturated rings. The Morgan fingerprint density at radius 3 is 2.70 bits per heavy atom. The van der Waals surface area contributed by atoms with Gasteiger partial charge in [0.15, 0.2) is 9.84 Å². The van der Waals surface area contributed by atoms with E-state index in [0.29, 0.717) is 24.2 Å². The minimum atomic E-state index is -3.02. The molecule has 1 aliphatic carbocycles. The second-order valence-corrected chi connectivity index (χ2v) is 10.7. The van der Waals surface area contributed by atoms with Crippen molar-refractivity contribution in [3.63, 3.8) is 0 Å². The fourth-order valence-electron chi connectivity index (χ4n) is 3.91. The zero-order chi connectivity index (χ0) is 19.3. The summed E-state index contributed by atoms with van der Waals surface area (Å²) >= 11 is 1.36. The SMILES string of the molecule is CCCCN(C(=O)CSc1nnnn1C1CCCCC1)C1CCS(=O)(=O)C1. The summed E-state index contributed by atoms with van der Waals surface area (Å²) in [4.78, 5) is 14.6. The van der Waals surface area contributed by atoms with Crippen molar-refractivity contribution in [2.75, 3.05) is 23.8 Å². The van der Waals surface area contributed by atoms with Crippen LogP contribution in [0.1, 0.15) is 64.3 Å². The van der Waals surface area contributed by atoms with Crippen LogP contribution in [0.5, 0.6) is 0 Å². The van der Waals surface area contributed by atoms with Crippen molar-refractivity contribution < 1.29 is 13.2 Å². The Hall–Kier alpha value is -1.16. The zero-order valence-corrected chi connectivity index (χ0v) is 17.6. The molecule has 1 saturated carbocycles. The first-order valence-electron chi connectivity index (χ1n) is 9.90. The summed E-state index contributed by atoms with van der Waals surface area (Å²) in [5.74, 6) is 0.495. The van der Waals surface area contributed by atoms with Gasteiger partial charge in [-0.25, -0.2) is 13.1 Å². The molecule has 3 rings (SSSR count). The molecule has 2 heterocycles. The fourth-order valence-corrected chi connectivity index (χ4v) is 6.47. The Balaban J connectivity index is 1.61. The highest BCUT2D eigenvalue weighted by Gasteiger charge is 2.34.